The van der Waals surface area contributed by atoms with Crippen LogP contribution in [0.3, 0.4) is 0 Å². The van der Waals surface area contributed by atoms with Crippen molar-refractivity contribution >= 4 is 54.1 Å². The number of pyridine rings is 2. The second-order valence-electron chi connectivity index (χ2n) is 11.7. The number of aromatic nitrogens is 2. The lowest BCUT2D eigenvalue weighted by atomic mass is 9.92. The number of hydrogen-bond donors (Lipinski definition) is 0. The number of methoxy groups -OCH3 is 1. The molecular weight excluding hydrogens is 560 g/mol. The SMILES string of the molecule is COc1ccccc1-c1ccc2ccc3ccc(-c4ccc(-c5ccc6c7ccccc7c7ccccc7c6c5)cc4)nc3c2n1. The van der Waals surface area contributed by atoms with Crippen LogP contribution < -0.4 is 4.74 Å². The van der Waals surface area contributed by atoms with E-state index in [4.69, 9.17) is 14.7 Å². The fourth-order valence-corrected chi connectivity index (χ4v) is 6.86. The molecule has 0 aliphatic carbocycles. The number of fused-ring (bicyclic) bond motifs is 9. The van der Waals surface area contributed by atoms with E-state index in [1.165, 1.54) is 43.4 Å². The zero-order valence-electron chi connectivity index (χ0n) is 25.2. The summed E-state index contributed by atoms with van der Waals surface area (Å²) in [4.78, 5) is 10.3. The minimum absolute atomic E-state index is 0.802. The van der Waals surface area contributed by atoms with Gasteiger partial charge < -0.3 is 4.74 Å². The maximum absolute atomic E-state index is 5.62. The van der Waals surface area contributed by atoms with Gasteiger partial charge >= 0.3 is 0 Å². The lowest BCUT2D eigenvalue weighted by Gasteiger charge is -2.12. The third-order valence-electron chi connectivity index (χ3n) is 9.16. The Kier molecular flexibility index (Phi) is 6.04. The van der Waals surface area contributed by atoms with Crippen molar-refractivity contribution in [3.8, 4) is 39.4 Å². The molecule has 0 fully saturated rings. The van der Waals surface area contributed by atoms with Crippen molar-refractivity contribution in [1.82, 2.24) is 9.97 Å². The monoisotopic (exact) mass is 588 g/mol. The molecule has 2 aromatic heterocycles. The molecule has 0 aliphatic heterocycles. The molecule has 0 N–H and O–H groups in total. The van der Waals surface area contributed by atoms with Gasteiger partial charge in [0.2, 0.25) is 0 Å². The minimum Gasteiger partial charge on any atom is -0.496 e. The Labute approximate surface area is 266 Å². The number of benzene rings is 7. The van der Waals surface area contributed by atoms with Gasteiger partial charge in [0.25, 0.3) is 0 Å². The highest BCUT2D eigenvalue weighted by atomic mass is 16.5. The highest BCUT2D eigenvalue weighted by Gasteiger charge is 2.13. The molecule has 2 heterocycles. The van der Waals surface area contributed by atoms with E-state index in [2.05, 4.69) is 121 Å². The van der Waals surface area contributed by atoms with Crippen LogP contribution in [0.25, 0.3) is 87.8 Å². The molecule has 9 rings (SSSR count). The Balaban J connectivity index is 1.13. The quantitative estimate of drug-likeness (QED) is 0.192. The van der Waals surface area contributed by atoms with E-state index in [1.807, 2.05) is 30.3 Å². The second-order valence-corrected chi connectivity index (χ2v) is 11.7. The second kappa shape index (κ2) is 10.5. The van der Waals surface area contributed by atoms with Crippen LogP contribution in [0.15, 0.2) is 152 Å². The highest BCUT2D eigenvalue weighted by Crippen LogP contribution is 2.38. The van der Waals surface area contributed by atoms with E-state index in [9.17, 15) is 0 Å². The maximum Gasteiger partial charge on any atom is 0.128 e. The first-order chi connectivity index (χ1) is 22.7. The zero-order valence-corrected chi connectivity index (χ0v) is 25.2. The molecule has 46 heavy (non-hydrogen) atoms. The van der Waals surface area contributed by atoms with Gasteiger partial charge in [-0.05, 0) is 73.8 Å². The fraction of sp³-hybridized carbons (Fsp3) is 0.0233. The van der Waals surface area contributed by atoms with Crippen molar-refractivity contribution in [3.05, 3.63) is 152 Å². The van der Waals surface area contributed by atoms with Crippen molar-refractivity contribution < 1.29 is 4.74 Å². The topological polar surface area (TPSA) is 35.0 Å². The lowest BCUT2D eigenvalue weighted by molar-refractivity contribution is 0.416. The molecule has 0 saturated heterocycles. The third-order valence-corrected chi connectivity index (χ3v) is 9.16. The summed E-state index contributed by atoms with van der Waals surface area (Å²) in [6.07, 6.45) is 0. The molecule has 0 radical (unpaired) electrons. The summed E-state index contributed by atoms with van der Waals surface area (Å²) >= 11 is 0. The number of ether oxygens (including phenoxy) is 1. The number of nitrogens with zero attached hydrogens (tertiary/aromatic N) is 2. The van der Waals surface area contributed by atoms with Gasteiger partial charge in [0.05, 0.1) is 29.5 Å². The Morgan fingerprint density at radius 1 is 0.391 bits per heavy atom. The molecule has 0 spiro atoms. The molecule has 0 unspecified atom stereocenters. The van der Waals surface area contributed by atoms with Gasteiger partial charge in [-0.3, -0.25) is 0 Å². The molecule has 0 amide bonds. The van der Waals surface area contributed by atoms with Crippen molar-refractivity contribution in [2.75, 3.05) is 7.11 Å². The molecule has 3 nitrogen and oxygen atoms in total. The predicted molar refractivity (Wildman–Crippen MR) is 192 cm³/mol. The highest BCUT2D eigenvalue weighted by molar-refractivity contribution is 6.25. The van der Waals surface area contributed by atoms with Crippen molar-refractivity contribution in [1.29, 1.82) is 0 Å². The van der Waals surface area contributed by atoms with Crippen molar-refractivity contribution in [3.63, 3.8) is 0 Å². The summed E-state index contributed by atoms with van der Waals surface area (Å²) in [6.45, 7) is 0. The molecule has 3 heteroatoms. The maximum atomic E-state index is 5.62. The van der Waals surface area contributed by atoms with Crippen LogP contribution in [0.1, 0.15) is 0 Å². The Morgan fingerprint density at radius 3 is 1.52 bits per heavy atom. The largest absolute Gasteiger partial charge is 0.496 e. The van der Waals surface area contributed by atoms with E-state index < -0.39 is 0 Å². The van der Waals surface area contributed by atoms with Gasteiger partial charge in [0.15, 0.2) is 0 Å². The summed E-state index contributed by atoms with van der Waals surface area (Å²) in [5.41, 5.74) is 7.98. The number of rotatable bonds is 4. The summed E-state index contributed by atoms with van der Waals surface area (Å²) < 4.78 is 5.62. The Hall–Kier alpha value is -6.06. The summed E-state index contributed by atoms with van der Waals surface area (Å²) in [5, 5.41) is 9.84. The minimum atomic E-state index is 0.802. The number of para-hydroxylation sites is 1. The van der Waals surface area contributed by atoms with Crippen LogP contribution in [0.2, 0.25) is 0 Å². The average Bonchev–Trinajstić information content (AvgIpc) is 3.14. The van der Waals surface area contributed by atoms with E-state index in [-0.39, 0.29) is 0 Å². The molecule has 0 atom stereocenters. The van der Waals surface area contributed by atoms with Crippen LogP contribution >= 0.6 is 0 Å². The first-order valence-corrected chi connectivity index (χ1v) is 15.5. The van der Waals surface area contributed by atoms with E-state index >= 15 is 0 Å². The summed E-state index contributed by atoms with van der Waals surface area (Å²) in [5.74, 6) is 0.802. The van der Waals surface area contributed by atoms with Gasteiger partial charge in [-0.1, -0.05) is 121 Å². The van der Waals surface area contributed by atoms with Gasteiger partial charge in [-0.2, -0.15) is 0 Å². The van der Waals surface area contributed by atoms with Crippen LogP contribution in [0, 0.1) is 0 Å². The molecule has 9 aromatic rings. The number of hydrogen-bond acceptors (Lipinski definition) is 3. The molecule has 0 saturated carbocycles. The standard InChI is InChI=1S/C43H28N2O/c1-46-41-13-7-6-12-37(41)40-25-22-30-19-18-29-21-24-39(44-42(29)43(30)45-40)28-16-14-27(15-17-28)31-20-23-36-34-10-3-2-8-32(34)33-9-4-5-11-35(33)38(36)26-31/h2-26H,1H3. The van der Waals surface area contributed by atoms with Gasteiger partial charge in [0, 0.05) is 21.9 Å². The normalized spacial score (nSPS) is 11.6. The van der Waals surface area contributed by atoms with Gasteiger partial charge in [0.1, 0.15) is 5.75 Å². The van der Waals surface area contributed by atoms with Crippen molar-refractivity contribution in [2.45, 2.75) is 0 Å². The van der Waals surface area contributed by atoms with Crippen LogP contribution in [-0.4, -0.2) is 17.1 Å². The van der Waals surface area contributed by atoms with E-state index in [0.717, 1.165) is 50.1 Å². The van der Waals surface area contributed by atoms with Crippen LogP contribution in [0.5, 0.6) is 5.75 Å². The first kappa shape index (κ1) is 26.4. The molecular formula is C43H28N2O. The zero-order chi connectivity index (χ0) is 30.6. The smallest absolute Gasteiger partial charge is 0.128 e. The molecule has 216 valence electrons. The lowest BCUT2D eigenvalue weighted by Crippen LogP contribution is -1.93. The molecule has 0 bridgehead atoms. The van der Waals surface area contributed by atoms with Crippen LogP contribution in [-0.2, 0) is 0 Å². The predicted octanol–water partition coefficient (Wildman–Crippen LogP) is 11.3. The first-order valence-electron chi connectivity index (χ1n) is 15.5. The van der Waals surface area contributed by atoms with E-state index in [1.54, 1.807) is 7.11 Å². The molecule has 7 aromatic carbocycles. The summed E-state index contributed by atoms with van der Waals surface area (Å²) in [6, 6.07) is 53.6. The van der Waals surface area contributed by atoms with Crippen molar-refractivity contribution in [2.24, 2.45) is 0 Å². The fourth-order valence-electron chi connectivity index (χ4n) is 6.86. The van der Waals surface area contributed by atoms with Crippen LogP contribution in [0.4, 0.5) is 0 Å². The molecule has 0 aliphatic rings. The summed E-state index contributed by atoms with van der Waals surface area (Å²) in [7, 11) is 1.69. The van der Waals surface area contributed by atoms with E-state index in [0.29, 0.717) is 0 Å². The average molecular weight is 589 g/mol. The Bertz CT molecular complexity index is 2590. The van der Waals surface area contributed by atoms with Gasteiger partial charge in [-0.25, -0.2) is 9.97 Å². The third kappa shape index (κ3) is 4.21. The Morgan fingerprint density at radius 2 is 0.870 bits per heavy atom. The van der Waals surface area contributed by atoms with Gasteiger partial charge in [-0.15, -0.1) is 0 Å².